The Hall–Kier alpha value is -0.540. The van der Waals surface area contributed by atoms with Crippen molar-refractivity contribution in [1.29, 1.82) is 0 Å². The molecule has 0 aliphatic rings. The average molecular weight is 319 g/mol. The minimum absolute atomic E-state index is 0.0261. The molecule has 0 radical (unpaired) electrons. The van der Waals surface area contributed by atoms with Crippen LogP contribution in [0.5, 0.6) is 0 Å². The van der Waals surface area contributed by atoms with Gasteiger partial charge in [-0.3, -0.25) is 4.79 Å². The highest BCUT2D eigenvalue weighted by Gasteiger charge is 2.14. The summed E-state index contributed by atoms with van der Waals surface area (Å²) in [5.41, 5.74) is 1.64. The third-order valence-corrected chi connectivity index (χ3v) is 3.33. The number of benzene rings is 1. The van der Waals surface area contributed by atoms with E-state index < -0.39 is 0 Å². The van der Waals surface area contributed by atoms with Gasteiger partial charge in [-0.25, -0.2) is 0 Å². The molecule has 4 heteroatoms. The van der Waals surface area contributed by atoms with Crippen molar-refractivity contribution in [2.24, 2.45) is 0 Å². The largest absolute Gasteiger partial charge is 0.342 e. The minimum atomic E-state index is 0.0261. The summed E-state index contributed by atoms with van der Waals surface area (Å²) in [6.07, 6.45) is 0.932. The van der Waals surface area contributed by atoms with Crippen LogP contribution < -0.4 is 0 Å². The van der Waals surface area contributed by atoms with Gasteiger partial charge in [0.25, 0.3) is 5.91 Å². The monoisotopic (exact) mass is 317 g/mol. The maximum absolute atomic E-state index is 12.2. The van der Waals surface area contributed by atoms with Gasteiger partial charge in [-0.15, -0.1) is 0 Å². The zero-order valence-corrected chi connectivity index (χ0v) is 12.7. The molecule has 0 aliphatic heterocycles. The first-order valence-electron chi connectivity index (χ1n) is 5.57. The number of carbonyl (C=O) groups excluding carboxylic acids is 1. The number of halogens is 2. The van der Waals surface area contributed by atoms with Crippen LogP contribution in [-0.4, -0.2) is 29.2 Å². The van der Waals surface area contributed by atoms with Crippen molar-refractivity contribution in [1.82, 2.24) is 4.90 Å². The van der Waals surface area contributed by atoms with Crippen molar-refractivity contribution in [3.8, 4) is 0 Å². The van der Waals surface area contributed by atoms with Crippen LogP contribution in [0.1, 0.15) is 29.3 Å². The van der Waals surface area contributed by atoms with Gasteiger partial charge in [0.1, 0.15) is 0 Å². The van der Waals surface area contributed by atoms with Crippen LogP contribution in [0.4, 0.5) is 0 Å². The molecule has 17 heavy (non-hydrogen) atoms. The smallest absolute Gasteiger partial charge is 0.253 e. The molecular weight excluding hydrogens is 302 g/mol. The predicted molar refractivity (Wildman–Crippen MR) is 76.2 cm³/mol. The summed E-state index contributed by atoms with van der Waals surface area (Å²) in [4.78, 5) is 14.3. The summed E-state index contributed by atoms with van der Waals surface area (Å²) in [5, 5.41) is 0.598. The fraction of sp³-hybridized carbons (Fsp3) is 0.462. The molecule has 1 atom stereocenters. The molecule has 0 bridgehead atoms. The molecule has 0 N–H and O–H groups in total. The lowest BCUT2D eigenvalue weighted by molar-refractivity contribution is 0.0793. The maximum atomic E-state index is 12.2. The topological polar surface area (TPSA) is 20.3 Å². The second-order valence-corrected chi connectivity index (χ2v) is 6.25. The number of amides is 1. The van der Waals surface area contributed by atoms with E-state index in [0.29, 0.717) is 15.4 Å². The van der Waals surface area contributed by atoms with Crippen LogP contribution >= 0.6 is 27.5 Å². The lowest BCUT2D eigenvalue weighted by atomic mass is 10.1. The van der Waals surface area contributed by atoms with Crippen LogP contribution in [0.25, 0.3) is 0 Å². The van der Waals surface area contributed by atoms with E-state index in [-0.39, 0.29) is 5.91 Å². The number of hydrogen-bond donors (Lipinski definition) is 0. The van der Waals surface area contributed by atoms with Gasteiger partial charge in [0, 0.05) is 29.0 Å². The highest BCUT2D eigenvalue weighted by molar-refractivity contribution is 9.09. The highest BCUT2D eigenvalue weighted by atomic mass is 79.9. The zero-order valence-electron chi connectivity index (χ0n) is 10.3. The van der Waals surface area contributed by atoms with Gasteiger partial charge >= 0.3 is 0 Å². The van der Waals surface area contributed by atoms with Gasteiger partial charge in [0.05, 0.1) is 0 Å². The van der Waals surface area contributed by atoms with E-state index in [0.717, 1.165) is 18.5 Å². The van der Waals surface area contributed by atoms with E-state index >= 15 is 0 Å². The lowest BCUT2D eigenvalue weighted by Crippen LogP contribution is -2.29. The summed E-state index contributed by atoms with van der Waals surface area (Å²) < 4.78 is 0. The van der Waals surface area contributed by atoms with Crippen LogP contribution in [0.15, 0.2) is 18.2 Å². The number of nitrogens with zero attached hydrogens (tertiary/aromatic N) is 1. The predicted octanol–water partition coefficient (Wildman–Crippen LogP) is 3.89. The second-order valence-electron chi connectivity index (χ2n) is 4.26. The first-order valence-corrected chi connectivity index (χ1v) is 6.87. The van der Waals surface area contributed by atoms with Crippen molar-refractivity contribution >= 4 is 33.4 Å². The van der Waals surface area contributed by atoms with Crippen molar-refractivity contribution in [3.63, 3.8) is 0 Å². The van der Waals surface area contributed by atoms with Crippen LogP contribution in [-0.2, 0) is 0 Å². The summed E-state index contributed by atoms with van der Waals surface area (Å²) in [6, 6.07) is 5.40. The lowest BCUT2D eigenvalue weighted by Gasteiger charge is -2.19. The first-order chi connectivity index (χ1) is 7.91. The molecule has 1 unspecified atom stereocenters. The number of rotatable bonds is 4. The summed E-state index contributed by atoms with van der Waals surface area (Å²) in [6.45, 7) is 4.73. The fourth-order valence-corrected chi connectivity index (χ4v) is 1.88. The van der Waals surface area contributed by atoms with Crippen LogP contribution in [0.2, 0.25) is 5.02 Å². The summed E-state index contributed by atoms with van der Waals surface area (Å²) in [5.74, 6) is 0.0261. The van der Waals surface area contributed by atoms with Crippen LogP contribution in [0, 0.1) is 6.92 Å². The molecular formula is C13H17BrClNO. The van der Waals surface area contributed by atoms with Gasteiger partial charge in [0.15, 0.2) is 0 Å². The number of aryl methyl sites for hydroxylation is 1. The van der Waals surface area contributed by atoms with Gasteiger partial charge in [-0.2, -0.15) is 0 Å². The number of carbonyl (C=O) groups is 1. The molecule has 1 amide bonds. The van der Waals surface area contributed by atoms with E-state index in [2.05, 4.69) is 22.9 Å². The first kappa shape index (κ1) is 14.5. The maximum Gasteiger partial charge on any atom is 0.253 e. The second kappa shape index (κ2) is 6.41. The standard InChI is InChI=1S/C13H17BrClNO/c1-9-4-5-11(15)8-12(9)13(17)16(3)7-6-10(2)14/h4-5,8,10H,6-7H2,1-3H3. The minimum Gasteiger partial charge on any atom is -0.342 e. The third-order valence-electron chi connectivity index (χ3n) is 2.64. The van der Waals surface area contributed by atoms with Crippen molar-refractivity contribution in [2.75, 3.05) is 13.6 Å². The molecule has 0 saturated carbocycles. The molecule has 0 aliphatic carbocycles. The van der Waals surface area contributed by atoms with Gasteiger partial charge in [-0.1, -0.05) is 40.5 Å². The van der Waals surface area contributed by atoms with Crippen molar-refractivity contribution in [3.05, 3.63) is 34.3 Å². The van der Waals surface area contributed by atoms with Crippen molar-refractivity contribution in [2.45, 2.75) is 25.1 Å². The van der Waals surface area contributed by atoms with Gasteiger partial charge in [0.2, 0.25) is 0 Å². The van der Waals surface area contributed by atoms with E-state index in [1.165, 1.54) is 0 Å². The Kier molecular flexibility index (Phi) is 5.47. The summed E-state index contributed by atoms with van der Waals surface area (Å²) >= 11 is 9.39. The van der Waals surface area contributed by atoms with E-state index in [1.54, 1.807) is 17.0 Å². The Bertz CT molecular complexity index is 406. The molecule has 94 valence electrons. The normalized spacial score (nSPS) is 12.3. The van der Waals surface area contributed by atoms with E-state index in [4.69, 9.17) is 11.6 Å². The van der Waals surface area contributed by atoms with Crippen LogP contribution in [0.3, 0.4) is 0 Å². The molecule has 0 aromatic heterocycles. The Labute approximate surface area is 116 Å². The van der Waals surface area contributed by atoms with Gasteiger partial charge < -0.3 is 4.90 Å². The molecule has 0 heterocycles. The Morgan fingerprint density at radius 2 is 2.18 bits per heavy atom. The Morgan fingerprint density at radius 1 is 1.53 bits per heavy atom. The molecule has 1 aromatic rings. The molecule has 0 fully saturated rings. The number of alkyl halides is 1. The zero-order chi connectivity index (χ0) is 13.0. The molecule has 1 aromatic carbocycles. The molecule has 2 nitrogen and oxygen atoms in total. The van der Waals surface area contributed by atoms with Crippen molar-refractivity contribution < 1.29 is 4.79 Å². The van der Waals surface area contributed by atoms with Gasteiger partial charge in [-0.05, 0) is 31.0 Å². The summed E-state index contributed by atoms with van der Waals surface area (Å²) in [7, 11) is 1.82. The number of hydrogen-bond acceptors (Lipinski definition) is 1. The Morgan fingerprint density at radius 3 is 2.76 bits per heavy atom. The molecule has 0 saturated heterocycles. The molecule has 1 rings (SSSR count). The van der Waals surface area contributed by atoms with E-state index in [1.807, 2.05) is 20.0 Å². The third kappa shape index (κ3) is 4.32. The quantitative estimate of drug-likeness (QED) is 0.771. The SMILES string of the molecule is Cc1ccc(Cl)cc1C(=O)N(C)CCC(C)Br. The van der Waals surface area contributed by atoms with E-state index in [9.17, 15) is 4.79 Å². The average Bonchev–Trinajstić information content (AvgIpc) is 2.28. The Balaban J connectivity index is 2.78. The highest BCUT2D eigenvalue weighted by Crippen LogP contribution is 2.17. The molecule has 0 spiro atoms. The fourth-order valence-electron chi connectivity index (χ4n) is 1.50.